The standard InChI is InChI=1S/C16H10O3.2C2H6/c1-9(18)11-3-2-4-13-12-6-5-10(8-17)7-14(12)16(19)15(11)13;2*1-2/h2-8H,1H3;2*1-2H3. The van der Waals surface area contributed by atoms with Crippen LogP contribution in [0.1, 0.15) is 71.3 Å². The Bertz CT molecular complexity index is 743. The Morgan fingerprint density at radius 2 is 1.57 bits per heavy atom. The van der Waals surface area contributed by atoms with E-state index in [9.17, 15) is 14.4 Å². The summed E-state index contributed by atoms with van der Waals surface area (Å²) in [5.41, 5.74) is 3.40. The molecule has 0 saturated carbocycles. The van der Waals surface area contributed by atoms with Gasteiger partial charge in [-0.05, 0) is 24.1 Å². The van der Waals surface area contributed by atoms with Crippen molar-refractivity contribution >= 4 is 17.9 Å². The minimum absolute atomic E-state index is 0.131. The molecule has 0 unspecified atom stereocenters. The van der Waals surface area contributed by atoms with Crippen LogP contribution in [0, 0.1) is 0 Å². The van der Waals surface area contributed by atoms with Gasteiger partial charge in [-0.25, -0.2) is 0 Å². The number of hydrogen-bond donors (Lipinski definition) is 0. The average molecular weight is 310 g/mol. The zero-order chi connectivity index (χ0) is 17.6. The number of fused-ring (bicyclic) bond motifs is 3. The number of Topliss-reactive ketones (excluding diaryl/α,β-unsaturated/α-hetero) is 1. The van der Waals surface area contributed by atoms with Crippen LogP contribution >= 0.6 is 0 Å². The van der Waals surface area contributed by atoms with Crippen LogP contribution in [0.25, 0.3) is 11.1 Å². The fourth-order valence-electron chi connectivity index (χ4n) is 2.51. The van der Waals surface area contributed by atoms with E-state index in [4.69, 9.17) is 0 Å². The second kappa shape index (κ2) is 8.18. The van der Waals surface area contributed by atoms with E-state index in [-0.39, 0.29) is 11.6 Å². The summed E-state index contributed by atoms with van der Waals surface area (Å²) in [7, 11) is 0. The Labute approximate surface area is 137 Å². The van der Waals surface area contributed by atoms with Crippen LogP contribution in [0.4, 0.5) is 0 Å². The van der Waals surface area contributed by atoms with Crippen molar-refractivity contribution in [1.82, 2.24) is 0 Å². The molecule has 23 heavy (non-hydrogen) atoms. The first kappa shape index (κ1) is 18.5. The molecule has 0 aliphatic heterocycles. The third-order valence-corrected chi connectivity index (χ3v) is 3.39. The molecular formula is C20H22O3. The normalized spacial score (nSPS) is 10.4. The van der Waals surface area contributed by atoms with E-state index in [1.54, 1.807) is 30.3 Å². The lowest BCUT2D eigenvalue weighted by atomic mass is 9.99. The van der Waals surface area contributed by atoms with Crippen molar-refractivity contribution < 1.29 is 14.4 Å². The van der Waals surface area contributed by atoms with E-state index in [0.29, 0.717) is 28.5 Å². The molecule has 2 aromatic carbocycles. The Morgan fingerprint density at radius 1 is 0.913 bits per heavy atom. The summed E-state index contributed by atoms with van der Waals surface area (Å²) in [5.74, 6) is -0.312. The second-order valence-electron chi connectivity index (χ2n) is 4.54. The first-order chi connectivity index (χ1) is 11.1. The molecule has 3 heteroatoms. The van der Waals surface area contributed by atoms with E-state index < -0.39 is 0 Å². The van der Waals surface area contributed by atoms with E-state index in [1.807, 2.05) is 33.8 Å². The smallest absolute Gasteiger partial charge is 0.195 e. The van der Waals surface area contributed by atoms with Crippen LogP contribution in [0.15, 0.2) is 36.4 Å². The first-order valence-corrected chi connectivity index (χ1v) is 7.91. The van der Waals surface area contributed by atoms with Crippen LogP contribution in [-0.4, -0.2) is 17.9 Å². The molecule has 0 atom stereocenters. The molecule has 0 N–H and O–H groups in total. The lowest BCUT2D eigenvalue weighted by Crippen LogP contribution is -2.04. The highest BCUT2D eigenvalue weighted by atomic mass is 16.1. The van der Waals surface area contributed by atoms with Crippen molar-refractivity contribution in [2.24, 2.45) is 0 Å². The number of hydrogen-bond acceptors (Lipinski definition) is 3. The molecule has 0 amide bonds. The number of carbonyl (C=O) groups excluding carboxylic acids is 3. The topological polar surface area (TPSA) is 51.2 Å². The molecular weight excluding hydrogens is 288 g/mol. The number of rotatable bonds is 2. The Kier molecular flexibility index (Phi) is 6.58. The van der Waals surface area contributed by atoms with Gasteiger partial charge < -0.3 is 0 Å². The molecule has 0 saturated heterocycles. The number of carbonyl (C=O) groups is 3. The van der Waals surface area contributed by atoms with Gasteiger partial charge in [-0.1, -0.05) is 58.0 Å². The third-order valence-electron chi connectivity index (χ3n) is 3.39. The van der Waals surface area contributed by atoms with Crippen molar-refractivity contribution in [2.45, 2.75) is 34.6 Å². The lowest BCUT2D eigenvalue weighted by Gasteiger charge is -2.03. The number of aldehydes is 1. The minimum atomic E-state index is -0.181. The maximum Gasteiger partial charge on any atom is 0.195 e. The van der Waals surface area contributed by atoms with Crippen LogP contribution in [0.5, 0.6) is 0 Å². The summed E-state index contributed by atoms with van der Waals surface area (Å²) in [5, 5.41) is 0. The molecule has 0 spiro atoms. The lowest BCUT2D eigenvalue weighted by molar-refractivity contribution is 0.0992. The van der Waals surface area contributed by atoms with Crippen LogP contribution in [0.2, 0.25) is 0 Å². The molecule has 2 aromatic rings. The van der Waals surface area contributed by atoms with Gasteiger partial charge in [0.1, 0.15) is 6.29 Å². The number of benzene rings is 2. The van der Waals surface area contributed by atoms with Crippen molar-refractivity contribution in [2.75, 3.05) is 0 Å². The van der Waals surface area contributed by atoms with Crippen molar-refractivity contribution in [3.63, 3.8) is 0 Å². The third kappa shape index (κ3) is 3.29. The average Bonchev–Trinajstić information content (AvgIpc) is 2.90. The largest absolute Gasteiger partial charge is 0.298 e. The molecule has 0 radical (unpaired) electrons. The summed E-state index contributed by atoms with van der Waals surface area (Å²) in [6.45, 7) is 9.45. The van der Waals surface area contributed by atoms with Gasteiger partial charge in [-0.3, -0.25) is 14.4 Å². The summed E-state index contributed by atoms with van der Waals surface area (Å²) in [6, 6.07) is 10.3. The zero-order valence-corrected chi connectivity index (χ0v) is 14.3. The van der Waals surface area contributed by atoms with Gasteiger partial charge >= 0.3 is 0 Å². The molecule has 120 valence electrons. The van der Waals surface area contributed by atoms with E-state index in [2.05, 4.69) is 0 Å². The predicted octanol–water partition coefficient (Wildman–Crippen LogP) is 4.97. The first-order valence-electron chi connectivity index (χ1n) is 7.91. The van der Waals surface area contributed by atoms with Gasteiger partial charge in [0.05, 0.1) is 0 Å². The second-order valence-corrected chi connectivity index (χ2v) is 4.54. The van der Waals surface area contributed by atoms with Gasteiger partial charge in [-0.15, -0.1) is 0 Å². The Morgan fingerprint density at radius 3 is 2.13 bits per heavy atom. The van der Waals surface area contributed by atoms with E-state index in [1.165, 1.54) is 6.92 Å². The molecule has 1 aliphatic carbocycles. The van der Waals surface area contributed by atoms with Gasteiger partial charge in [0.2, 0.25) is 0 Å². The summed E-state index contributed by atoms with van der Waals surface area (Å²) < 4.78 is 0. The molecule has 0 heterocycles. The SMILES string of the molecule is CC.CC.CC(=O)c1cccc2c1C(=O)c1cc(C=O)ccc1-2. The molecule has 0 fully saturated rings. The van der Waals surface area contributed by atoms with E-state index >= 15 is 0 Å². The monoisotopic (exact) mass is 310 g/mol. The maximum absolute atomic E-state index is 12.4. The highest BCUT2D eigenvalue weighted by Gasteiger charge is 2.30. The van der Waals surface area contributed by atoms with Crippen molar-refractivity contribution in [3.05, 3.63) is 58.7 Å². The molecule has 0 bridgehead atoms. The zero-order valence-electron chi connectivity index (χ0n) is 14.3. The molecule has 3 nitrogen and oxygen atoms in total. The molecule has 1 aliphatic rings. The van der Waals surface area contributed by atoms with Crippen LogP contribution in [-0.2, 0) is 0 Å². The van der Waals surface area contributed by atoms with Crippen molar-refractivity contribution in [3.8, 4) is 11.1 Å². The number of ketones is 2. The Hall–Kier alpha value is -2.55. The van der Waals surface area contributed by atoms with Crippen LogP contribution < -0.4 is 0 Å². The fourth-order valence-corrected chi connectivity index (χ4v) is 2.51. The quantitative estimate of drug-likeness (QED) is 0.496. The van der Waals surface area contributed by atoms with Gasteiger partial charge in [0.25, 0.3) is 0 Å². The van der Waals surface area contributed by atoms with E-state index in [0.717, 1.165) is 11.1 Å². The van der Waals surface area contributed by atoms with Crippen molar-refractivity contribution in [1.29, 1.82) is 0 Å². The van der Waals surface area contributed by atoms with Gasteiger partial charge in [-0.2, -0.15) is 0 Å². The maximum atomic E-state index is 12.4. The fraction of sp³-hybridized carbons (Fsp3) is 0.250. The van der Waals surface area contributed by atoms with Gasteiger partial charge in [0, 0.05) is 22.3 Å². The predicted molar refractivity (Wildman–Crippen MR) is 93.4 cm³/mol. The van der Waals surface area contributed by atoms with Crippen LogP contribution in [0.3, 0.4) is 0 Å². The highest BCUT2D eigenvalue weighted by molar-refractivity contribution is 6.26. The van der Waals surface area contributed by atoms with Gasteiger partial charge in [0.15, 0.2) is 11.6 Å². The summed E-state index contributed by atoms with van der Waals surface area (Å²) >= 11 is 0. The summed E-state index contributed by atoms with van der Waals surface area (Å²) in [4.78, 5) is 34.8. The summed E-state index contributed by atoms with van der Waals surface area (Å²) in [6.07, 6.45) is 0.711. The highest BCUT2D eigenvalue weighted by Crippen LogP contribution is 2.38. The molecule has 0 aromatic heterocycles. The minimum Gasteiger partial charge on any atom is -0.298 e. The molecule has 3 rings (SSSR count). The Balaban J connectivity index is 0.000000615.